The summed E-state index contributed by atoms with van der Waals surface area (Å²) >= 11 is 0. The first kappa shape index (κ1) is 19.6. The van der Waals surface area contributed by atoms with E-state index in [1.54, 1.807) is 0 Å². The molecule has 144 valence electrons. The van der Waals surface area contributed by atoms with Crippen molar-refractivity contribution in [3.63, 3.8) is 0 Å². The van der Waals surface area contributed by atoms with Crippen molar-refractivity contribution in [2.24, 2.45) is 0 Å². The number of alkyl halides is 6. The number of carbonyl (C=O) groups excluding carboxylic acids is 1. The van der Waals surface area contributed by atoms with Gasteiger partial charge >= 0.3 is 12.4 Å². The summed E-state index contributed by atoms with van der Waals surface area (Å²) in [6.07, 6.45) is -8.68. The summed E-state index contributed by atoms with van der Waals surface area (Å²) < 4.78 is 77.7. The summed E-state index contributed by atoms with van der Waals surface area (Å²) in [6.45, 7) is 0. The van der Waals surface area contributed by atoms with Crippen LogP contribution in [0.5, 0.6) is 0 Å². The lowest BCUT2D eigenvalue weighted by atomic mass is 10.0. The molecule has 0 unspecified atom stereocenters. The SMILES string of the molecule is O=Cc1cc(-c2cccc(C(F)(F)F)c2)nc(-c2cccc(C(F)(F)F)c2)c1. The highest BCUT2D eigenvalue weighted by molar-refractivity contribution is 5.81. The molecule has 2 nitrogen and oxygen atoms in total. The first-order valence-electron chi connectivity index (χ1n) is 7.90. The van der Waals surface area contributed by atoms with Crippen LogP contribution in [0.2, 0.25) is 0 Å². The molecular formula is C20H11F6NO. The zero-order valence-electron chi connectivity index (χ0n) is 14.0. The summed E-state index contributed by atoms with van der Waals surface area (Å²) in [6, 6.07) is 11.2. The number of pyridine rings is 1. The maximum absolute atomic E-state index is 12.9. The van der Waals surface area contributed by atoms with E-state index in [0.29, 0.717) is 6.29 Å². The van der Waals surface area contributed by atoms with E-state index in [1.165, 1.54) is 36.4 Å². The molecule has 0 spiro atoms. The Morgan fingerprint density at radius 2 is 1.11 bits per heavy atom. The zero-order valence-corrected chi connectivity index (χ0v) is 14.0. The number of hydrogen-bond acceptors (Lipinski definition) is 2. The number of aromatic nitrogens is 1. The molecule has 1 aromatic heterocycles. The van der Waals surface area contributed by atoms with E-state index in [4.69, 9.17) is 0 Å². The second-order valence-corrected chi connectivity index (χ2v) is 5.95. The Hall–Kier alpha value is -3.16. The van der Waals surface area contributed by atoms with Crippen LogP contribution < -0.4 is 0 Å². The first-order valence-corrected chi connectivity index (χ1v) is 7.90. The predicted octanol–water partition coefficient (Wildman–Crippen LogP) is 6.27. The normalized spacial score (nSPS) is 12.1. The van der Waals surface area contributed by atoms with Crippen molar-refractivity contribution in [2.75, 3.05) is 0 Å². The predicted molar refractivity (Wildman–Crippen MR) is 90.5 cm³/mol. The summed E-state index contributed by atoms with van der Waals surface area (Å²) in [5, 5.41) is 0. The highest BCUT2D eigenvalue weighted by Crippen LogP contribution is 2.34. The Morgan fingerprint density at radius 1 is 0.679 bits per heavy atom. The number of benzene rings is 2. The minimum absolute atomic E-state index is 0.0445. The van der Waals surface area contributed by atoms with Gasteiger partial charge in [-0.15, -0.1) is 0 Å². The van der Waals surface area contributed by atoms with Crippen molar-refractivity contribution in [1.82, 2.24) is 4.98 Å². The monoisotopic (exact) mass is 395 g/mol. The Bertz CT molecular complexity index is 948. The number of carbonyl (C=O) groups is 1. The number of hydrogen-bond donors (Lipinski definition) is 0. The zero-order chi connectivity index (χ0) is 20.5. The molecule has 0 radical (unpaired) electrons. The Labute approximate surface area is 155 Å². The molecule has 8 heteroatoms. The number of halogens is 6. The van der Waals surface area contributed by atoms with Gasteiger partial charge in [0.15, 0.2) is 0 Å². The number of aldehydes is 1. The van der Waals surface area contributed by atoms with Crippen LogP contribution in [0.3, 0.4) is 0 Å². The molecule has 2 aromatic carbocycles. The van der Waals surface area contributed by atoms with E-state index in [9.17, 15) is 31.1 Å². The van der Waals surface area contributed by atoms with Gasteiger partial charge in [0.1, 0.15) is 6.29 Å². The average Bonchev–Trinajstić information content (AvgIpc) is 2.66. The highest BCUT2D eigenvalue weighted by Gasteiger charge is 2.31. The van der Waals surface area contributed by atoms with Crippen LogP contribution in [0.25, 0.3) is 22.5 Å². The lowest BCUT2D eigenvalue weighted by Crippen LogP contribution is -2.05. The third-order valence-corrected chi connectivity index (χ3v) is 3.96. The molecule has 3 rings (SSSR count). The smallest absolute Gasteiger partial charge is 0.298 e. The fraction of sp³-hybridized carbons (Fsp3) is 0.100. The van der Waals surface area contributed by atoms with Crippen LogP contribution in [-0.4, -0.2) is 11.3 Å². The molecular weight excluding hydrogens is 384 g/mol. The molecule has 0 bridgehead atoms. The minimum Gasteiger partial charge on any atom is -0.298 e. The number of nitrogens with zero attached hydrogens (tertiary/aromatic N) is 1. The molecule has 0 N–H and O–H groups in total. The first-order chi connectivity index (χ1) is 13.1. The van der Waals surface area contributed by atoms with E-state index in [2.05, 4.69) is 4.98 Å². The van der Waals surface area contributed by atoms with Crippen LogP contribution in [0, 0.1) is 0 Å². The molecule has 0 atom stereocenters. The maximum Gasteiger partial charge on any atom is 0.416 e. The lowest BCUT2D eigenvalue weighted by molar-refractivity contribution is -0.138. The molecule has 0 saturated heterocycles. The molecule has 1 heterocycles. The highest BCUT2D eigenvalue weighted by atomic mass is 19.4. The maximum atomic E-state index is 12.9. The third kappa shape index (κ3) is 4.21. The van der Waals surface area contributed by atoms with E-state index in [-0.39, 0.29) is 28.1 Å². The standard InChI is InChI=1S/C20H11F6NO/c21-19(22,23)15-5-1-3-13(9-15)17-7-12(11-28)8-18(27-17)14-4-2-6-16(10-14)20(24,25)26/h1-11H. The van der Waals surface area contributed by atoms with Crippen molar-refractivity contribution in [1.29, 1.82) is 0 Å². The van der Waals surface area contributed by atoms with Gasteiger partial charge in [0, 0.05) is 16.7 Å². The van der Waals surface area contributed by atoms with Crippen molar-refractivity contribution < 1.29 is 31.1 Å². The molecule has 3 aromatic rings. The van der Waals surface area contributed by atoms with Gasteiger partial charge in [-0.2, -0.15) is 26.3 Å². The van der Waals surface area contributed by atoms with Gasteiger partial charge in [-0.3, -0.25) is 4.79 Å². The fourth-order valence-electron chi connectivity index (χ4n) is 2.63. The Kier molecular flexibility index (Phi) is 4.97. The molecule has 0 saturated carbocycles. The average molecular weight is 395 g/mol. The van der Waals surface area contributed by atoms with Crippen molar-refractivity contribution in [2.45, 2.75) is 12.4 Å². The molecule has 0 fully saturated rings. The van der Waals surface area contributed by atoms with Gasteiger partial charge in [-0.05, 0) is 36.4 Å². The van der Waals surface area contributed by atoms with Crippen LogP contribution in [0.15, 0.2) is 60.7 Å². The molecule has 0 aliphatic rings. The van der Waals surface area contributed by atoms with Gasteiger partial charge in [-0.25, -0.2) is 4.98 Å². The van der Waals surface area contributed by atoms with Gasteiger partial charge in [0.05, 0.1) is 22.5 Å². The summed E-state index contributed by atoms with van der Waals surface area (Å²) in [5.41, 5.74) is -1.45. The summed E-state index contributed by atoms with van der Waals surface area (Å²) in [7, 11) is 0. The molecule has 28 heavy (non-hydrogen) atoms. The van der Waals surface area contributed by atoms with Gasteiger partial charge < -0.3 is 0 Å². The summed E-state index contributed by atoms with van der Waals surface area (Å²) in [5.74, 6) is 0. The van der Waals surface area contributed by atoms with Gasteiger partial charge in [-0.1, -0.05) is 24.3 Å². The Balaban J connectivity index is 2.13. The van der Waals surface area contributed by atoms with Gasteiger partial charge in [0.2, 0.25) is 0 Å². The minimum atomic E-state index is -4.57. The second-order valence-electron chi connectivity index (χ2n) is 5.95. The quantitative estimate of drug-likeness (QED) is 0.387. The largest absolute Gasteiger partial charge is 0.416 e. The van der Waals surface area contributed by atoms with Crippen molar-refractivity contribution in [3.05, 3.63) is 77.4 Å². The molecule has 0 amide bonds. The molecule has 0 aliphatic carbocycles. The topological polar surface area (TPSA) is 30.0 Å². The van der Waals surface area contributed by atoms with Crippen LogP contribution in [0.4, 0.5) is 26.3 Å². The molecule has 0 aliphatic heterocycles. The van der Waals surface area contributed by atoms with Gasteiger partial charge in [0.25, 0.3) is 0 Å². The lowest BCUT2D eigenvalue weighted by Gasteiger charge is -2.11. The number of rotatable bonds is 3. The van der Waals surface area contributed by atoms with E-state index < -0.39 is 23.5 Å². The van der Waals surface area contributed by atoms with E-state index in [1.807, 2.05) is 0 Å². The van der Waals surface area contributed by atoms with Crippen molar-refractivity contribution >= 4 is 6.29 Å². The fourth-order valence-corrected chi connectivity index (χ4v) is 2.63. The second kappa shape index (κ2) is 7.10. The van der Waals surface area contributed by atoms with Crippen LogP contribution in [0.1, 0.15) is 21.5 Å². The van der Waals surface area contributed by atoms with E-state index >= 15 is 0 Å². The third-order valence-electron chi connectivity index (χ3n) is 3.96. The van der Waals surface area contributed by atoms with Crippen LogP contribution in [-0.2, 0) is 12.4 Å². The van der Waals surface area contributed by atoms with Crippen LogP contribution >= 0.6 is 0 Å². The Morgan fingerprint density at radius 3 is 1.46 bits per heavy atom. The summed E-state index contributed by atoms with van der Waals surface area (Å²) in [4.78, 5) is 15.4. The van der Waals surface area contributed by atoms with E-state index in [0.717, 1.165) is 24.3 Å². The van der Waals surface area contributed by atoms with Crippen molar-refractivity contribution in [3.8, 4) is 22.5 Å².